The van der Waals surface area contributed by atoms with Crippen molar-refractivity contribution in [2.45, 2.75) is 13.5 Å². The number of carbonyl (C=O) groups is 1. The second-order valence-electron chi connectivity index (χ2n) is 6.56. The van der Waals surface area contributed by atoms with Crippen LogP contribution in [0.2, 0.25) is 0 Å². The molecule has 1 saturated heterocycles. The number of rotatable bonds is 6. The van der Waals surface area contributed by atoms with Gasteiger partial charge in [0.1, 0.15) is 0 Å². The Bertz CT molecular complexity index is 724. The minimum Gasteiger partial charge on any atom is -0.379 e. The van der Waals surface area contributed by atoms with Crippen LogP contribution in [0.4, 0.5) is 11.4 Å². The van der Waals surface area contributed by atoms with Crippen molar-refractivity contribution in [3.8, 4) is 0 Å². The molecule has 1 amide bonds. The van der Waals surface area contributed by atoms with E-state index >= 15 is 0 Å². The van der Waals surface area contributed by atoms with Crippen molar-refractivity contribution in [1.82, 2.24) is 4.90 Å². The number of para-hydroxylation sites is 1. The molecule has 3 rings (SSSR count). The first-order valence-corrected chi connectivity index (χ1v) is 9.18. The van der Waals surface area contributed by atoms with Crippen molar-refractivity contribution in [3.05, 3.63) is 59.7 Å². The van der Waals surface area contributed by atoms with Crippen LogP contribution in [0.15, 0.2) is 48.5 Å². The summed E-state index contributed by atoms with van der Waals surface area (Å²) in [4.78, 5) is 17.1. The van der Waals surface area contributed by atoms with Crippen LogP contribution in [-0.2, 0) is 11.3 Å². The highest BCUT2D eigenvalue weighted by atomic mass is 16.5. The zero-order valence-electron chi connectivity index (χ0n) is 15.6. The Labute approximate surface area is 155 Å². The highest BCUT2D eigenvalue weighted by Gasteiger charge is 2.14. The lowest BCUT2D eigenvalue weighted by Gasteiger charge is -2.27. The molecule has 2 aromatic rings. The third-order valence-corrected chi connectivity index (χ3v) is 4.81. The Morgan fingerprint density at radius 3 is 2.50 bits per heavy atom. The number of anilines is 2. The van der Waals surface area contributed by atoms with E-state index in [1.54, 1.807) is 0 Å². The van der Waals surface area contributed by atoms with Gasteiger partial charge in [-0.05, 0) is 42.8 Å². The summed E-state index contributed by atoms with van der Waals surface area (Å²) >= 11 is 0. The summed E-state index contributed by atoms with van der Waals surface area (Å²) in [6.45, 7) is 7.25. The molecule has 0 spiro atoms. The highest BCUT2D eigenvalue weighted by molar-refractivity contribution is 6.04. The second-order valence-corrected chi connectivity index (χ2v) is 6.56. The molecule has 0 atom stereocenters. The van der Waals surface area contributed by atoms with Crippen LogP contribution < -0.4 is 10.2 Å². The van der Waals surface area contributed by atoms with Gasteiger partial charge >= 0.3 is 0 Å². The number of hydrogen-bond acceptors (Lipinski definition) is 4. The first-order valence-electron chi connectivity index (χ1n) is 9.18. The Balaban J connectivity index is 1.69. The van der Waals surface area contributed by atoms with Crippen molar-refractivity contribution in [1.29, 1.82) is 0 Å². The van der Waals surface area contributed by atoms with Crippen LogP contribution in [0, 0.1) is 0 Å². The summed E-state index contributed by atoms with van der Waals surface area (Å²) in [5.74, 6) is -0.0786. The van der Waals surface area contributed by atoms with E-state index in [-0.39, 0.29) is 5.91 Å². The summed E-state index contributed by atoms with van der Waals surface area (Å²) in [5, 5.41) is 3.07. The lowest BCUT2D eigenvalue weighted by atomic mass is 10.1. The molecule has 138 valence electrons. The van der Waals surface area contributed by atoms with Crippen LogP contribution >= 0.6 is 0 Å². The Hall–Kier alpha value is -2.37. The van der Waals surface area contributed by atoms with Crippen LogP contribution in [0.5, 0.6) is 0 Å². The first kappa shape index (κ1) is 18.4. The smallest absolute Gasteiger partial charge is 0.255 e. The molecule has 26 heavy (non-hydrogen) atoms. The number of nitrogens with one attached hydrogen (secondary N) is 1. The molecule has 0 unspecified atom stereocenters. The number of ether oxygens (including phenoxy) is 1. The molecule has 1 fully saturated rings. The number of nitrogens with zero attached hydrogens (tertiary/aromatic N) is 2. The van der Waals surface area contributed by atoms with E-state index in [0.29, 0.717) is 5.56 Å². The zero-order valence-corrected chi connectivity index (χ0v) is 15.6. The number of amides is 1. The normalized spacial score (nSPS) is 14.8. The molecule has 1 aliphatic rings. The van der Waals surface area contributed by atoms with E-state index in [4.69, 9.17) is 4.74 Å². The lowest BCUT2D eigenvalue weighted by Crippen LogP contribution is -2.35. The molecule has 1 heterocycles. The van der Waals surface area contributed by atoms with Gasteiger partial charge in [-0.25, -0.2) is 0 Å². The summed E-state index contributed by atoms with van der Waals surface area (Å²) in [7, 11) is 2.04. The van der Waals surface area contributed by atoms with Crippen molar-refractivity contribution in [2.75, 3.05) is 50.1 Å². The van der Waals surface area contributed by atoms with Gasteiger partial charge in [-0.2, -0.15) is 0 Å². The molecule has 1 aliphatic heterocycles. The fourth-order valence-corrected chi connectivity index (χ4v) is 3.02. The summed E-state index contributed by atoms with van der Waals surface area (Å²) in [5.41, 5.74) is 3.78. The van der Waals surface area contributed by atoms with Crippen LogP contribution in [0.25, 0.3) is 0 Å². The van der Waals surface area contributed by atoms with E-state index < -0.39 is 0 Å². The van der Waals surface area contributed by atoms with Gasteiger partial charge in [0.25, 0.3) is 5.91 Å². The van der Waals surface area contributed by atoms with Gasteiger partial charge in [-0.1, -0.05) is 18.2 Å². The van der Waals surface area contributed by atoms with Gasteiger partial charge in [0.15, 0.2) is 0 Å². The molecular weight excluding hydrogens is 326 g/mol. The molecule has 5 heteroatoms. The second kappa shape index (κ2) is 8.83. The molecule has 0 saturated carbocycles. The van der Waals surface area contributed by atoms with E-state index in [1.165, 1.54) is 0 Å². The monoisotopic (exact) mass is 353 g/mol. The van der Waals surface area contributed by atoms with Crippen LogP contribution in [0.1, 0.15) is 22.8 Å². The largest absolute Gasteiger partial charge is 0.379 e. The third kappa shape index (κ3) is 4.62. The highest BCUT2D eigenvalue weighted by Crippen LogP contribution is 2.20. The summed E-state index contributed by atoms with van der Waals surface area (Å²) < 4.78 is 5.41. The maximum Gasteiger partial charge on any atom is 0.255 e. The number of hydrogen-bond donors (Lipinski definition) is 1. The van der Waals surface area contributed by atoms with Gasteiger partial charge in [0.05, 0.1) is 13.2 Å². The van der Waals surface area contributed by atoms with Crippen molar-refractivity contribution in [2.24, 2.45) is 0 Å². The van der Waals surface area contributed by atoms with Gasteiger partial charge in [-0.3, -0.25) is 9.69 Å². The first-order chi connectivity index (χ1) is 12.7. The molecular formula is C21H27N3O2. The molecule has 0 aliphatic carbocycles. The average molecular weight is 353 g/mol. The van der Waals surface area contributed by atoms with Gasteiger partial charge < -0.3 is 15.0 Å². The Morgan fingerprint density at radius 2 is 1.81 bits per heavy atom. The van der Waals surface area contributed by atoms with Crippen molar-refractivity contribution in [3.63, 3.8) is 0 Å². The molecule has 1 N–H and O–H groups in total. The molecule has 5 nitrogen and oxygen atoms in total. The standard InChI is InChI=1S/C21H27N3O2/c1-3-23(2)19-10-8-17(9-11-19)21(25)22-20-7-5-4-6-18(20)16-24-12-14-26-15-13-24/h4-11H,3,12-16H2,1-2H3,(H,22,25). The number of carbonyl (C=O) groups excluding carboxylic acids is 1. The topological polar surface area (TPSA) is 44.8 Å². The molecule has 0 aromatic heterocycles. The zero-order chi connectivity index (χ0) is 18.4. The average Bonchev–Trinajstić information content (AvgIpc) is 2.69. The van der Waals surface area contributed by atoms with E-state index in [2.05, 4.69) is 28.1 Å². The number of benzene rings is 2. The van der Waals surface area contributed by atoms with Gasteiger partial charge in [0.2, 0.25) is 0 Å². The fraction of sp³-hybridized carbons (Fsp3) is 0.381. The van der Waals surface area contributed by atoms with E-state index in [1.807, 2.05) is 49.5 Å². The minimum absolute atomic E-state index is 0.0786. The van der Waals surface area contributed by atoms with E-state index in [9.17, 15) is 4.79 Å². The lowest BCUT2D eigenvalue weighted by molar-refractivity contribution is 0.0342. The third-order valence-electron chi connectivity index (χ3n) is 4.81. The molecule has 2 aromatic carbocycles. The van der Waals surface area contributed by atoms with Crippen LogP contribution in [0.3, 0.4) is 0 Å². The van der Waals surface area contributed by atoms with Gasteiger partial charge in [-0.15, -0.1) is 0 Å². The quantitative estimate of drug-likeness (QED) is 0.866. The van der Waals surface area contributed by atoms with E-state index in [0.717, 1.165) is 56.3 Å². The minimum atomic E-state index is -0.0786. The van der Waals surface area contributed by atoms with Crippen molar-refractivity contribution >= 4 is 17.3 Å². The predicted octanol–water partition coefficient (Wildman–Crippen LogP) is 3.23. The maximum atomic E-state index is 12.7. The Kier molecular flexibility index (Phi) is 6.26. The Morgan fingerprint density at radius 1 is 1.12 bits per heavy atom. The van der Waals surface area contributed by atoms with Crippen molar-refractivity contribution < 1.29 is 9.53 Å². The maximum absolute atomic E-state index is 12.7. The predicted molar refractivity (Wildman–Crippen MR) is 106 cm³/mol. The summed E-state index contributed by atoms with van der Waals surface area (Å²) in [6, 6.07) is 15.7. The summed E-state index contributed by atoms with van der Waals surface area (Å²) in [6.07, 6.45) is 0. The number of morpholine rings is 1. The molecule has 0 bridgehead atoms. The SMILES string of the molecule is CCN(C)c1ccc(C(=O)Nc2ccccc2CN2CCOCC2)cc1. The molecule has 0 radical (unpaired) electrons. The van der Waals surface area contributed by atoms with Gasteiger partial charge in [0, 0.05) is 50.2 Å². The van der Waals surface area contributed by atoms with Crippen LogP contribution in [-0.4, -0.2) is 50.7 Å². The fourth-order valence-electron chi connectivity index (χ4n) is 3.02.